The Morgan fingerprint density at radius 2 is 2.03 bits per heavy atom. The average Bonchev–Trinajstić information content (AvgIpc) is 3.21. The number of methoxy groups -OCH3 is 1. The molecule has 2 aromatic heterocycles. The molecule has 3 heterocycles. The quantitative estimate of drug-likeness (QED) is 0.378. The standard InChI is InChI=1S/C25H23N3O3S/c1-31-21-10-9-15(12-16(21)14-32-22-8-4-5-11-26-22)23-24-18(13-20(28-23)25(29)30)17-6-2-3-7-19(17)27-24/h2-12,20,23,27-28H,13-14H2,1H3,(H,29,30)/t20-,23+/m0/s1. The van der Waals surface area contributed by atoms with Gasteiger partial charge in [0.15, 0.2) is 0 Å². The number of aliphatic carboxylic acids is 1. The van der Waals surface area contributed by atoms with Crippen molar-refractivity contribution in [3.8, 4) is 5.75 Å². The van der Waals surface area contributed by atoms with Crippen molar-refractivity contribution < 1.29 is 14.6 Å². The van der Waals surface area contributed by atoms with Gasteiger partial charge in [-0.05, 0) is 41.5 Å². The third kappa shape index (κ3) is 3.85. The van der Waals surface area contributed by atoms with Crippen LogP contribution in [-0.4, -0.2) is 34.2 Å². The molecule has 0 bridgehead atoms. The van der Waals surface area contributed by atoms with Gasteiger partial charge >= 0.3 is 5.97 Å². The van der Waals surface area contributed by atoms with E-state index in [2.05, 4.69) is 27.4 Å². The fourth-order valence-corrected chi connectivity index (χ4v) is 5.17. The van der Waals surface area contributed by atoms with Crippen molar-refractivity contribution >= 4 is 28.6 Å². The molecule has 2 aromatic carbocycles. The van der Waals surface area contributed by atoms with Crippen LogP contribution in [-0.2, 0) is 17.0 Å². The highest BCUT2D eigenvalue weighted by atomic mass is 32.2. The molecule has 0 fully saturated rings. The van der Waals surface area contributed by atoms with Crippen molar-refractivity contribution in [1.29, 1.82) is 0 Å². The second-order valence-electron chi connectivity index (χ2n) is 7.79. The molecule has 0 unspecified atom stereocenters. The van der Waals surface area contributed by atoms with Gasteiger partial charge in [0.25, 0.3) is 0 Å². The second-order valence-corrected chi connectivity index (χ2v) is 8.78. The van der Waals surface area contributed by atoms with Crippen molar-refractivity contribution in [3.05, 3.63) is 89.2 Å². The van der Waals surface area contributed by atoms with Crippen LogP contribution in [0.25, 0.3) is 10.9 Å². The number of aromatic nitrogens is 2. The summed E-state index contributed by atoms with van der Waals surface area (Å²) in [6.07, 6.45) is 2.23. The van der Waals surface area contributed by atoms with E-state index in [4.69, 9.17) is 4.74 Å². The first-order valence-corrected chi connectivity index (χ1v) is 11.4. The number of pyridine rings is 1. The number of carboxylic acids is 1. The Morgan fingerprint density at radius 1 is 1.19 bits per heavy atom. The first-order chi connectivity index (χ1) is 15.6. The van der Waals surface area contributed by atoms with E-state index in [1.165, 1.54) is 0 Å². The number of H-pyrrole nitrogens is 1. The monoisotopic (exact) mass is 445 g/mol. The van der Waals surface area contributed by atoms with Gasteiger partial charge in [-0.15, -0.1) is 11.8 Å². The number of para-hydroxylation sites is 1. The summed E-state index contributed by atoms with van der Waals surface area (Å²) in [5.74, 6) is 0.660. The number of aromatic amines is 1. The zero-order valence-electron chi connectivity index (χ0n) is 17.5. The lowest BCUT2D eigenvalue weighted by Gasteiger charge is -2.30. The van der Waals surface area contributed by atoms with Gasteiger partial charge in [-0.25, -0.2) is 4.98 Å². The van der Waals surface area contributed by atoms with Crippen molar-refractivity contribution in [2.24, 2.45) is 0 Å². The summed E-state index contributed by atoms with van der Waals surface area (Å²) in [7, 11) is 1.67. The summed E-state index contributed by atoms with van der Waals surface area (Å²) >= 11 is 1.64. The minimum atomic E-state index is -0.842. The highest BCUT2D eigenvalue weighted by Gasteiger charge is 2.34. The van der Waals surface area contributed by atoms with E-state index in [-0.39, 0.29) is 6.04 Å². The summed E-state index contributed by atoms with van der Waals surface area (Å²) < 4.78 is 5.60. The molecule has 7 heteroatoms. The lowest BCUT2D eigenvalue weighted by Crippen LogP contribution is -2.45. The number of benzene rings is 2. The van der Waals surface area contributed by atoms with Crippen molar-refractivity contribution in [1.82, 2.24) is 15.3 Å². The van der Waals surface area contributed by atoms with Crippen LogP contribution in [0.5, 0.6) is 5.75 Å². The number of rotatable bonds is 6. The number of hydrogen-bond acceptors (Lipinski definition) is 5. The van der Waals surface area contributed by atoms with Gasteiger partial charge in [0.05, 0.1) is 18.2 Å². The van der Waals surface area contributed by atoms with Crippen LogP contribution in [0.15, 0.2) is 71.9 Å². The third-order valence-corrected chi connectivity index (χ3v) is 6.85. The summed E-state index contributed by atoms with van der Waals surface area (Å²) in [5, 5.41) is 15.1. The van der Waals surface area contributed by atoms with Crippen LogP contribution < -0.4 is 10.1 Å². The molecule has 3 N–H and O–H groups in total. The van der Waals surface area contributed by atoms with Crippen LogP contribution >= 0.6 is 11.8 Å². The average molecular weight is 446 g/mol. The molecule has 162 valence electrons. The normalized spacial score (nSPS) is 17.8. The van der Waals surface area contributed by atoms with E-state index in [0.29, 0.717) is 12.2 Å². The lowest BCUT2D eigenvalue weighted by molar-refractivity contribution is -0.139. The number of nitrogens with zero attached hydrogens (tertiary/aromatic N) is 1. The Morgan fingerprint density at radius 3 is 2.81 bits per heavy atom. The van der Waals surface area contributed by atoms with E-state index in [9.17, 15) is 9.90 Å². The largest absolute Gasteiger partial charge is 0.496 e. The van der Waals surface area contributed by atoms with Crippen LogP contribution in [0, 0.1) is 0 Å². The van der Waals surface area contributed by atoms with Crippen LogP contribution in [0.1, 0.15) is 28.4 Å². The zero-order valence-corrected chi connectivity index (χ0v) is 18.4. The molecule has 0 radical (unpaired) electrons. The van der Waals surface area contributed by atoms with Gasteiger partial charge in [0.2, 0.25) is 0 Å². The number of carboxylic acid groups (broad SMARTS) is 1. The smallest absolute Gasteiger partial charge is 0.321 e. The number of thioether (sulfide) groups is 1. The summed E-state index contributed by atoms with van der Waals surface area (Å²) in [6, 6.07) is 19.1. The van der Waals surface area contributed by atoms with Crippen molar-refractivity contribution in [2.45, 2.75) is 29.3 Å². The molecule has 0 saturated heterocycles. The Labute approximate surface area is 190 Å². The maximum absolute atomic E-state index is 11.9. The van der Waals surface area contributed by atoms with E-state index >= 15 is 0 Å². The number of carbonyl (C=O) groups is 1. The van der Waals surface area contributed by atoms with E-state index < -0.39 is 12.0 Å². The Hall–Kier alpha value is -3.29. The van der Waals surface area contributed by atoms with E-state index in [1.54, 1.807) is 25.1 Å². The number of nitrogens with one attached hydrogen (secondary N) is 2. The zero-order chi connectivity index (χ0) is 22.1. The summed E-state index contributed by atoms with van der Waals surface area (Å²) in [5.41, 5.74) is 5.16. The predicted octanol–water partition coefficient (Wildman–Crippen LogP) is 4.55. The Bertz CT molecular complexity index is 1270. The second kappa shape index (κ2) is 8.68. The maximum Gasteiger partial charge on any atom is 0.321 e. The third-order valence-electron chi connectivity index (χ3n) is 5.86. The van der Waals surface area contributed by atoms with Crippen molar-refractivity contribution in [2.75, 3.05) is 7.11 Å². The highest BCUT2D eigenvalue weighted by molar-refractivity contribution is 7.98. The Balaban J connectivity index is 1.54. The van der Waals surface area contributed by atoms with E-state index in [0.717, 1.165) is 44.1 Å². The maximum atomic E-state index is 11.9. The molecular formula is C25H23N3O3S. The van der Waals surface area contributed by atoms with Crippen molar-refractivity contribution in [3.63, 3.8) is 0 Å². The molecule has 32 heavy (non-hydrogen) atoms. The van der Waals surface area contributed by atoms with Gasteiger partial charge in [-0.1, -0.05) is 30.3 Å². The molecular weight excluding hydrogens is 422 g/mol. The summed E-state index contributed by atoms with van der Waals surface area (Å²) in [6.45, 7) is 0. The molecule has 1 aliphatic heterocycles. The molecule has 2 atom stereocenters. The van der Waals surface area contributed by atoms with Gasteiger partial charge in [0, 0.05) is 40.5 Å². The molecule has 4 aromatic rings. The number of hydrogen-bond donors (Lipinski definition) is 3. The van der Waals surface area contributed by atoms with Gasteiger partial charge in [0.1, 0.15) is 11.8 Å². The molecule has 5 rings (SSSR count). The molecule has 0 aliphatic carbocycles. The molecule has 0 saturated carbocycles. The minimum absolute atomic E-state index is 0.253. The van der Waals surface area contributed by atoms with E-state index in [1.807, 2.05) is 48.5 Å². The number of fused-ring (bicyclic) bond motifs is 3. The molecule has 1 aliphatic rings. The van der Waals surface area contributed by atoms with Crippen LogP contribution in [0.4, 0.5) is 0 Å². The summed E-state index contributed by atoms with van der Waals surface area (Å²) in [4.78, 5) is 19.8. The predicted molar refractivity (Wildman–Crippen MR) is 125 cm³/mol. The lowest BCUT2D eigenvalue weighted by atomic mass is 9.90. The number of ether oxygens (including phenoxy) is 1. The van der Waals surface area contributed by atoms with Gasteiger partial charge in [-0.2, -0.15) is 0 Å². The van der Waals surface area contributed by atoms with Crippen LogP contribution in [0.3, 0.4) is 0 Å². The fourth-order valence-electron chi connectivity index (χ4n) is 4.33. The van der Waals surface area contributed by atoms with Gasteiger partial charge in [-0.3, -0.25) is 10.1 Å². The fraction of sp³-hybridized carbons (Fsp3) is 0.200. The molecule has 0 amide bonds. The Kier molecular flexibility index (Phi) is 5.59. The van der Waals surface area contributed by atoms with Gasteiger partial charge < -0.3 is 14.8 Å². The molecule has 0 spiro atoms. The highest BCUT2D eigenvalue weighted by Crippen LogP contribution is 2.37. The SMILES string of the molecule is COc1ccc([C@H]2N[C@H](C(=O)O)Cc3c2[nH]c2ccccc32)cc1CSc1ccccn1. The first kappa shape index (κ1) is 20.6. The topological polar surface area (TPSA) is 87.2 Å². The molecule has 6 nitrogen and oxygen atoms in total. The first-order valence-electron chi connectivity index (χ1n) is 10.4. The van der Waals surface area contributed by atoms with Crippen LogP contribution in [0.2, 0.25) is 0 Å². The minimum Gasteiger partial charge on any atom is -0.496 e.